The zero-order valence-corrected chi connectivity index (χ0v) is 16.6. The molecule has 1 fully saturated rings. The van der Waals surface area contributed by atoms with E-state index in [0.717, 1.165) is 54.6 Å². The second-order valence-corrected chi connectivity index (χ2v) is 8.14. The van der Waals surface area contributed by atoms with Gasteiger partial charge in [-0.3, -0.25) is 4.79 Å². The van der Waals surface area contributed by atoms with Gasteiger partial charge < -0.3 is 14.8 Å². The number of nitrogens with one attached hydrogen (secondary N) is 1. The fourth-order valence-electron chi connectivity index (χ4n) is 3.82. The fourth-order valence-corrected chi connectivity index (χ4v) is 4.91. The first-order chi connectivity index (χ1) is 13.2. The van der Waals surface area contributed by atoms with Crippen LogP contribution in [0.1, 0.15) is 32.6 Å². The average Bonchev–Trinajstić information content (AvgIpc) is 3.24. The van der Waals surface area contributed by atoms with Gasteiger partial charge in [-0.1, -0.05) is 31.7 Å². The lowest BCUT2D eigenvalue weighted by Gasteiger charge is -2.19. The molecule has 2 aromatic heterocycles. The van der Waals surface area contributed by atoms with Gasteiger partial charge in [0.05, 0.1) is 5.52 Å². The topological polar surface area (TPSA) is 50.2 Å². The molecule has 0 saturated carbocycles. The molecule has 4 rings (SSSR count). The number of anilines is 1. The van der Waals surface area contributed by atoms with Crippen LogP contribution in [0.5, 0.6) is 0 Å². The van der Waals surface area contributed by atoms with Crippen molar-refractivity contribution in [3.05, 3.63) is 46.9 Å². The van der Waals surface area contributed by atoms with E-state index in [9.17, 15) is 4.79 Å². The van der Waals surface area contributed by atoms with Crippen molar-refractivity contribution in [1.82, 2.24) is 14.5 Å². The van der Waals surface area contributed by atoms with Crippen molar-refractivity contribution in [2.45, 2.75) is 39.2 Å². The first kappa shape index (κ1) is 18.0. The van der Waals surface area contributed by atoms with Crippen LogP contribution in [0.2, 0.25) is 0 Å². The standard InChI is InChI=1S/C21H26N4OS/c1-3-12-25-18-16-9-4-5-10-17(16)27-20(18)23-19(21(25)26)22-11-7-14-24-13-6-8-15(24)2/h4-5,9-10H,2-3,6-8,11-14H2,1H3,(H,22,23). The molecule has 5 nitrogen and oxygen atoms in total. The fraction of sp³-hybridized carbons (Fsp3) is 0.429. The van der Waals surface area contributed by atoms with Gasteiger partial charge in [0.15, 0.2) is 5.82 Å². The molecule has 0 amide bonds. The Bertz CT molecular complexity index is 1040. The van der Waals surface area contributed by atoms with Gasteiger partial charge >= 0.3 is 0 Å². The van der Waals surface area contributed by atoms with Gasteiger partial charge in [0.2, 0.25) is 0 Å². The number of likely N-dealkylation sites (tertiary alicyclic amines) is 1. The minimum Gasteiger partial charge on any atom is -0.375 e. The molecular weight excluding hydrogens is 356 g/mol. The van der Waals surface area contributed by atoms with Gasteiger partial charge in [-0.05, 0) is 31.7 Å². The van der Waals surface area contributed by atoms with E-state index in [1.54, 1.807) is 11.3 Å². The van der Waals surface area contributed by atoms with Crippen molar-refractivity contribution in [1.29, 1.82) is 0 Å². The highest BCUT2D eigenvalue weighted by molar-refractivity contribution is 7.25. The van der Waals surface area contributed by atoms with Crippen LogP contribution >= 0.6 is 11.3 Å². The van der Waals surface area contributed by atoms with Crippen molar-refractivity contribution in [2.75, 3.05) is 25.0 Å². The third kappa shape index (κ3) is 3.46. The van der Waals surface area contributed by atoms with Crippen molar-refractivity contribution in [3.63, 3.8) is 0 Å². The Balaban J connectivity index is 1.59. The Morgan fingerprint density at radius 1 is 1.30 bits per heavy atom. The molecule has 0 spiro atoms. The number of hydrogen-bond donors (Lipinski definition) is 1. The molecule has 0 atom stereocenters. The van der Waals surface area contributed by atoms with Crippen LogP contribution in [-0.4, -0.2) is 34.1 Å². The van der Waals surface area contributed by atoms with Crippen molar-refractivity contribution >= 4 is 37.6 Å². The number of aromatic nitrogens is 2. The summed E-state index contributed by atoms with van der Waals surface area (Å²) in [6.07, 6.45) is 4.20. The molecule has 27 heavy (non-hydrogen) atoms. The van der Waals surface area contributed by atoms with E-state index >= 15 is 0 Å². The summed E-state index contributed by atoms with van der Waals surface area (Å²) in [5, 5.41) is 4.41. The maximum Gasteiger partial charge on any atom is 0.293 e. The number of fused-ring (bicyclic) bond motifs is 3. The quantitative estimate of drug-likeness (QED) is 0.614. The highest BCUT2D eigenvalue weighted by Gasteiger charge is 2.16. The van der Waals surface area contributed by atoms with Crippen LogP contribution in [0.15, 0.2) is 41.3 Å². The second-order valence-electron chi connectivity index (χ2n) is 7.11. The second kappa shape index (κ2) is 7.72. The Labute approximate surface area is 163 Å². The van der Waals surface area contributed by atoms with Crippen molar-refractivity contribution in [2.24, 2.45) is 0 Å². The zero-order chi connectivity index (χ0) is 18.8. The lowest BCUT2D eigenvalue weighted by molar-refractivity contribution is 0.391. The molecule has 6 heteroatoms. The molecule has 3 aromatic rings. The third-order valence-corrected chi connectivity index (χ3v) is 6.22. The summed E-state index contributed by atoms with van der Waals surface area (Å²) in [5.41, 5.74) is 2.20. The Hall–Kier alpha value is -2.34. The van der Waals surface area contributed by atoms with E-state index in [0.29, 0.717) is 12.4 Å². The van der Waals surface area contributed by atoms with E-state index in [1.165, 1.54) is 16.8 Å². The van der Waals surface area contributed by atoms with E-state index in [4.69, 9.17) is 0 Å². The van der Waals surface area contributed by atoms with Crippen LogP contribution in [0.3, 0.4) is 0 Å². The molecule has 142 valence electrons. The molecular formula is C21H26N4OS. The minimum absolute atomic E-state index is 0.0153. The summed E-state index contributed by atoms with van der Waals surface area (Å²) < 4.78 is 3.07. The normalized spacial score (nSPS) is 14.6. The van der Waals surface area contributed by atoms with Gasteiger partial charge in [0.25, 0.3) is 5.56 Å². The van der Waals surface area contributed by atoms with Crippen LogP contribution in [-0.2, 0) is 6.54 Å². The van der Waals surface area contributed by atoms with Crippen LogP contribution < -0.4 is 10.9 Å². The number of hydrogen-bond acceptors (Lipinski definition) is 5. The van der Waals surface area contributed by atoms with Crippen molar-refractivity contribution in [3.8, 4) is 0 Å². The number of rotatable bonds is 7. The van der Waals surface area contributed by atoms with Crippen LogP contribution in [0.4, 0.5) is 5.82 Å². The van der Waals surface area contributed by atoms with Crippen LogP contribution in [0, 0.1) is 0 Å². The first-order valence-corrected chi connectivity index (χ1v) is 10.6. The molecule has 1 aliphatic heterocycles. The molecule has 1 aromatic carbocycles. The van der Waals surface area contributed by atoms with E-state index in [-0.39, 0.29) is 5.56 Å². The molecule has 0 radical (unpaired) electrons. The van der Waals surface area contributed by atoms with E-state index < -0.39 is 0 Å². The van der Waals surface area contributed by atoms with Crippen LogP contribution in [0.25, 0.3) is 20.4 Å². The van der Waals surface area contributed by atoms with Gasteiger partial charge in [0.1, 0.15) is 4.83 Å². The van der Waals surface area contributed by atoms with E-state index in [2.05, 4.69) is 40.8 Å². The van der Waals surface area contributed by atoms with Gasteiger partial charge in [-0.25, -0.2) is 4.98 Å². The first-order valence-electron chi connectivity index (χ1n) is 9.77. The number of benzene rings is 1. The molecule has 3 heterocycles. The number of nitrogens with zero attached hydrogens (tertiary/aromatic N) is 3. The molecule has 0 aliphatic carbocycles. The average molecular weight is 383 g/mol. The number of thiophene rings is 1. The summed E-state index contributed by atoms with van der Waals surface area (Å²) in [4.78, 5) is 21.0. The zero-order valence-electron chi connectivity index (χ0n) is 15.8. The largest absolute Gasteiger partial charge is 0.375 e. The minimum atomic E-state index is -0.0153. The maximum atomic E-state index is 13.0. The Kier molecular flexibility index (Phi) is 5.16. The number of allylic oxidation sites excluding steroid dienone is 1. The summed E-state index contributed by atoms with van der Waals surface area (Å²) in [6.45, 7) is 9.76. The maximum absolute atomic E-state index is 13.0. The predicted molar refractivity (Wildman–Crippen MR) is 115 cm³/mol. The van der Waals surface area contributed by atoms with E-state index in [1.807, 2.05) is 16.7 Å². The van der Waals surface area contributed by atoms with Gasteiger partial charge in [0, 0.05) is 42.0 Å². The summed E-state index contributed by atoms with van der Waals surface area (Å²) in [5.74, 6) is 0.475. The summed E-state index contributed by atoms with van der Waals surface area (Å²) >= 11 is 1.65. The molecule has 1 N–H and O–H groups in total. The Morgan fingerprint density at radius 2 is 2.15 bits per heavy atom. The highest BCUT2D eigenvalue weighted by Crippen LogP contribution is 2.32. The lowest BCUT2D eigenvalue weighted by atomic mass is 10.2. The number of aryl methyl sites for hydroxylation is 1. The molecule has 0 unspecified atom stereocenters. The van der Waals surface area contributed by atoms with Gasteiger partial charge in [-0.2, -0.15) is 0 Å². The van der Waals surface area contributed by atoms with Gasteiger partial charge in [-0.15, -0.1) is 11.3 Å². The summed E-state index contributed by atoms with van der Waals surface area (Å²) in [7, 11) is 0. The van der Waals surface area contributed by atoms with Crippen molar-refractivity contribution < 1.29 is 0 Å². The predicted octanol–water partition coefficient (Wildman–Crippen LogP) is 4.43. The Morgan fingerprint density at radius 3 is 2.93 bits per heavy atom. The SMILES string of the molecule is C=C1CCCN1CCCNc1nc2sc3ccccc3c2n(CCC)c1=O. The highest BCUT2D eigenvalue weighted by atomic mass is 32.1. The molecule has 0 bridgehead atoms. The molecule has 1 saturated heterocycles. The molecule has 1 aliphatic rings. The smallest absolute Gasteiger partial charge is 0.293 e. The monoisotopic (exact) mass is 382 g/mol. The third-order valence-electron chi connectivity index (χ3n) is 5.17. The summed E-state index contributed by atoms with van der Waals surface area (Å²) in [6, 6.07) is 8.23. The lowest BCUT2D eigenvalue weighted by Crippen LogP contribution is -2.26.